The molecule has 0 saturated carbocycles. The van der Waals surface area contributed by atoms with E-state index >= 15 is 0 Å². The highest BCUT2D eigenvalue weighted by atomic mass is 32.2. The summed E-state index contributed by atoms with van der Waals surface area (Å²) in [7, 11) is 0. The number of hydrogen-bond donors (Lipinski definition) is 1. The number of Topliss-reactive ketones (excluding diaryl/α,β-unsaturated/α-hetero) is 2. The maximum Gasteiger partial charge on any atom is 0.269 e. The molecular formula is C46H56N4O4S2. The van der Waals surface area contributed by atoms with Gasteiger partial charge in [-0.15, -0.1) is 23.1 Å². The molecule has 0 fully saturated rings. The Morgan fingerprint density at radius 2 is 1.39 bits per heavy atom. The summed E-state index contributed by atoms with van der Waals surface area (Å²) in [6, 6.07) is 19.4. The maximum absolute atomic E-state index is 12.6. The van der Waals surface area contributed by atoms with Crippen LogP contribution in [-0.2, 0) is 24.1 Å². The van der Waals surface area contributed by atoms with Crippen LogP contribution in [-0.4, -0.2) is 44.4 Å². The van der Waals surface area contributed by atoms with Gasteiger partial charge < -0.3 is 5.32 Å². The first kappa shape index (κ1) is 42.7. The number of benzene rings is 3. The quantitative estimate of drug-likeness (QED) is 0.153. The van der Waals surface area contributed by atoms with Crippen molar-refractivity contribution in [2.75, 3.05) is 11.1 Å². The molecule has 1 aromatic heterocycles. The van der Waals surface area contributed by atoms with Gasteiger partial charge in [-0.25, -0.2) is 4.98 Å². The summed E-state index contributed by atoms with van der Waals surface area (Å²) in [5, 5.41) is 15.7. The number of carbonyl (C=O) groups is 2. The third-order valence-corrected chi connectivity index (χ3v) is 11.4. The topological polar surface area (TPSA) is 115 Å². The summed E-state index contributed by atoms with van der Waals surface area (Å²) in [6.07, 6.45) is 11.0. The highest BCUT2D eigenvalue weighted by molar-refractivity contribution is 8.15. The van der Waals surface area contributed by atoms with E-state index in [4.69, 9.17) is 0 Å². The van der Waals surface area contributed by atoms with Crippen molar-refractivity contribution in [1.82, 2.24) is 4.98 Å². The van der Waals surface area contributed by atoms with E-state index < -0.39 is 0 Å². The number of ketones is 2. The van der Waals surface area contributed by atoms with Crippen LogP contribution < -0.4 is 5.32 Å². The second-order valence-electron chi connectivity index (χ2n) is 18.5. The molecule has 3 aromatic carbocycles. The zero-order valence-electron chi connectivity index (χ0n) is 34.4. The fraction of sp³-hybridized carbons (Fsp3) is 0.435. The first-order chi connectivity index (χ1) is 26.1. The molecule has 3 aliphatic rings. The second kappa shape index (κ2) is 17.4. The minimum Gasteiger partial charge on any atom is -0.377 e. The Labute approximate surface area is 340 Å². The number of carbonyl (C=O) groups excluding carboxylic acids is 2. The van der Waals surface area contributed by atoms with E-state index in [1.54, 1.807) is 42.2 Å². The van der Waals surface area contributed by atoms with Gasteiger partial charge in [0, 0.05) is 29.1 Å². The molecule has 0 saturated heterocycles. The molecule has 56 heavy (non-hydrogen) atoms. The number of thiazole rings is 1. The standard InChI is InChI=1S/C18H21NO.C17H20N2OS2.C11H15NO2/c1-18(2,3)11-12-8-9-16-14(10-12)17(20)13-6-4-5-7-15(13)19-16;1-10(20)13-9-21-15(19-13)16-18-12-6-5-11(7-14(12)22-16)8-17(2,3)4;1-11(2,3)8-9-4-6-10(7-5-9)12(13)14/h4-10,13,15,19H,11H2,1-3H3;5-7,13H,8-9H2,1-4H3;4-7H,8H2,1-3H3/t;13-;/m.1./s1. The van der Waals surface area contributed by atoms with Crippen molar-refractivity contribution in [3.63, 3.8) is 0 Å². The number of allylic oxidation sites excluding steroid dienone is 2. The average molecular weight is 793 g/mol. The van der Waals surface area contributed by atoms with Gasteiger partial charge in [0.1, 0.15) is 16.1 Å². The Bertz CT molecular complexity index is 2160. The van der Waals surface area contributed by atoms with Gasteiger partial charge in [0.15, 0.2) is 11.6 Å². The summed E-state index contributed by atoms with van der Waals surface area (Å²) >= 11 is 3.31. The van der Waals surface area contributed by atoms with Crippen LogP contribution in [0.4, 0.5) is 11.4 Å². The molecule has 4 aromatic rings. The minimum atomic E-state index is -0.374. The highest BCUT2D eigenvalue weighted by Gasteiger charge is 2.33. The number of nitro groups is 1. The van der Waals surface area contributed by atoms with Crippen molar-refractivity contribution in [1.29, 1.82) is 0 Å². The van der Waals surface area contributed by atoms with E-state index in [9.17, 15) is 19.7 Å². The van der Waals surface area contributed by atoms with Gasteiger partial charge in [0.05, 0.1) is 27.1 Å². The van der Waals surface area contributed by atoms with Crippen LogP contribution in [0.3, 0.4) is 0 Å². The molecule has 2 unspecified atom stereocenters. The zero-order chi connectivity index (χ0) is 41.0. The average Bonchev–Trinajstić information content (AvgIpc) is 3.76. The Balaban J connectivity index is 0.000000165. The molecule has 7 rings (SSSR count). The number of fused-ring (bicyclic) bond motifs is 3. The largest absolute Gasteiger partial charge is 0.377 e. The van der Waals surface area contributed by atoms with Crippen molar-refractivity contribution in [3.8, 4) is 0 Å². The number of nitrogens with zero attached hydrogens (tertiary/aromatic N) is 3. The van der Waals surface area contributed by atoms with Gasteiger partial charge in [-0.2, -0.15) is 0 Å². The molecule has 3 atom stereocenters. The molecule has 0 bridgehead atoms. The first-order valence-corrected chi connectivity index (χ1v) is 21.1. The highest BCUT2D eigenvalue weighted by Crippen LogP contribution is 2.34. The summed E-state index contributed by atoms with van der Waals surface area (Å²) in [4.78, 5) is 43.3. The normalized spacial score (nSPS) is 18.8. The number of hydrogen-bond acceptors (Lipinski definition) is 9. The van der Waals surface area contributed by atoms with Gasteiger partial charge in [-0.05, 0) is 83.4 Å². The van der Waals surface area contributed by atoms with E-state index in [0.29, 0.717) is 0 Å². The lowest BCUT2D eigenvalue weighted by Crippen LogP contribution is -2.38. The van der Waals surface area contributed by atoms with Crippen LogP contribution in [0.2, 0.25) is 0 Å². The Kier molecular flexibility index (Phi) is 13.3. The zero-order valence-corrected chi connectivity index (χ0v) is 36.1. The molecule has 0 amide bonds. The monoisotopic (exact) mass is 792 g/mol. The number of nitrogens with one attached hydrogen (secondary N) is 1. The third kappa shape index (κ3) is 12.0. The molecule has 10 heteroatoms. The number of anilines is 1. The fourth-order valence-corrected chi connectivity index (χ4v) is 9.05. The van der Waals surface area contributed by atoms with Crippen LogP contribution >= 0.6 is 23.1 Å². The fourth-order valence-electron chi connectivity index (χ4n) is 6.83. The van der Waals surface area contributed by atoms with Gasteiger partial charge in [-0.3, -0.25) is 24.7 Å². The lowest BCUT2D eigenvalue weighted by Gasteiger charge is -2.32. The van der Waals surface area contributed by atoms with E-state index in [0.717, 1.165) is 57.4 Å². The lowest BCUT2D eigenvalue weighted by molar-refractivity contribution is -0.384. The summed E-state index contributed by atoms with van der Waals surface area (Å²) in [5.41, 5.74) is 7.44. The number of rotatable bonds is 6. The Morgan fingerprint density at radius 1 is 0.821 bits per heavy atom. The van der Waals surface area contributed by atoms with Crippen molar-refractivity contribution in [2.45, 2.75) is 101 Å². The van der Waals surface area contributed by atoms with Crippen molar-refractivity contribution in [2.24, 2.45) is 27.2 Å². The molecule has 1 N–H and O–H groups in total. The van der Waals surface area contributed by atoms with Crippen LogP contribution in [0, 0.1) is 32.3 Å². The summed E-state index contributed by atoms with van der Waals surface area (Å²) in [6.45, 7) is 21.5. The number of aliphatic imine (C=N–C) groups is 1. The molecule has 0 spiro atoms. The van der Waals surface area contributed by atoms with E-state index in [1.807, 2.05) is 30.4 Å². The van der Waals surface area contributed by atoms with Crippen LogP contribution in [0.15, 0.2) is 90.0 Å². The number of thioether (sulfide) groups is 1. The van der Waals surface area contributed by atoms with Crippen LogP contribution in [0.5, 0.6) is 0 Å². The van der Waals surface area contributed by atoms with E-state index in [2.05, 4.69) is 120 Å². The minimum absolute atomic E-state index is 0.0580. The van der Waals surface area contributed by atoms with Crippen molar-refractivity contribution in [3.05, 3.63) is 122 Å². The van der Waals surface area contributed by atoms with Crippen LogP contribution in [0.25, 0.3) is 10.2 Å². The van der Waals surface area contributed by atoms with Gasteiger partial charge in [-0.1, -0.05) is 111 Å². The first-order valence-electron chi connectivity index (χ1n) is 19.3. The molecule has 3 heterocycles. The smallest absolute Gasteiger partial charge is 0.269 e. The molecule has 1 aliphatic carbocycles. The number of non-ortho nitro benzene ring substituents is 1. The van der Waals surface area contributed by atoms with Gasteiger partial charge in [0.2, 0.25) is 0 Å². The Morgan fingerprint density at radius 3 is 1.98 bits per heavy atom. The molecule has 0 radical (unpaired) electrons. The third-order valence-electron chi connectivity index (χ3n) is 9.22. The maximum atomic E-state index is 12.6. The van der Waals surface area contributed by atoms with Crippen molar-refractivity contribution >= 4 is 61.3 Å². The number of aromatic nitrogens is 1. The van der Waals surface area contributed by atoms with Crippen LogP contribution in [0.1, 0.15) is 101 Å². The second-order valence-corrected chi connectivity index (χ2v) is 20.6. The summed E-state index contributed by atoms with van der Waals surface area (Å²) in [5.74, 6) is 1.06. The molecule has 2 aliphatic heterocycles. The summed E-state index contributed by atoms with van der Waals surface area (Å²) < 4.78 is 1.20. The SMILES string of the molecule is CC(=O)[C@H]1CSC(c2nc3ccc(CC(C)(C)C)cc3s2)=N1.CC(C)(C)Cc1ccc([N+](=O)[O-])cc1.CC(C)(C)Cc1ccc2c(c1)C(=O)C1C=CC=CC1N2. The molecule has 8 nitrogen and oxygen atoms in total. The number of nitro benzene ring substituents is 1. The van der Waals surface area contributed by atoms with Gasteiger partial charge >= 0.3 is 0 Å². The molecule has 296 valence electrons. The van der Waals surface area contributed by atoms with E-state index in [-0.39, 0.29) is 56.4 Å². The predicted molar refractivity (Wildman–Crippen MR) is 236 cm³/mol. The van der Waals surface area contributed by atoms with Crippen molar-refractivity contribution < 1.29 is 14.5 Å². The molecular weight excluding hydrogens is 737 g/mol. The van der Waals surface area contributed by atoms with E-state index in [1.165, 1.54) is 15.8 Å². The predicted octanol–water partition coefficient (Wildman–Crippen LogP) is 11.5. The van der Waals surface area contributed by atoms with Gasteiger partial charge in [0.25, 0.3) is 5.69 Å². The Hall–Kier alpha value is -4.41. The lowest BCUT2D eigenvalue weighted by atomic mass is 9.81.